The van der Waals surface area contributed by atoms with Gasteiger partial charge >= 0.3 is 0 Å². The van der Waals surface area contributed by atoms with Crippen LogP contribution in [0.5, 0.6) is 11.5 Å². The maximum Gasteiger partial charge on any atom is 0.276 e. The zero-order chi connectivity index (χ0) is 19.2. The quantitative estimate of drug-likeness (QED) is 0.546. The van der Waals surface area contributed by atoms with E-state index in [0.29, 0.717) is 23.8 Å². The first-order valence-corrected chi connectivity index (χ1v) is 9.90. The molecule has 2 aromatic rings. The van der Waals surface area contributed by atoms with E-state index in [9.17, 15) is 13.5 Å². The van der Waals surface area contributed by atoms with Gasteiger partial charge in [-0.05, 0) is 49.1 Å². The molecule has 0 bridgehead atoms. The number of aromatic hydroxyl groups is 1. The first kappa shape index (κ1) is 19.8. The summed E-state index contributed by atoms with van der Waals surface area (Å²) in [4.78, 5) is 2.29. The summed E-state index contributed by atoms with van der Waals surface area (Å²) in [6.07, 6.45) is 2.13. The summed E-state index contributed by atoms with van der Waals surface area (Å²) in [6, 6.07) is 11.6. The fourth-order valence-electron chi connectivity index (χ4n) is 2.41. The van der Waals surface area contributed by atoms with Crippen LogP contribution in [0.15, 0.2) is 52.5 Å². The highest BCUT2D eigenvalue weighted by molar-refractivity contribution is 7.89. The summed E-state index contributed by atoms with van der Waals surface area (Å²) in [5.41, 5.74) is 1.44. The Kier molecular flexibility index (Phi) is 6.63. The van der Waals surface area contributed by atoms with Gasteiger partial charge in [0.25, 0.3) is 10.0 Å². The normalized spacial score (nSPS) is 11.8. The van der Waals surface area contributed by atoms with Gasteiger partial charge in [0.1, 0.15) is 0 Å². The number of ether oxygens (including phenoxy) is 1. The van der Waals surface area contributed by atoms with Gasteiger partial charge in [0.05, 0.1) is 17.7 Å². The highest BCUT2D eigenvalue weighted by Gasteiger charge is 2.13. The van der Waals surface area contributed by atoms with Crippen molar-refractivity contribution < 1.29 is 18.3 Å². The van der Waals surface area contributed by atoms with Crippen LogP contribution in [-0.2, 0) is 16.4 Å². The van der Waals surface area contributed by atoms with Gasteiger partial charge < -0.3 is 9.84 Å². The first-order valence-electron chi connectivity index (χ1n) is 8.42. The molecule has 0 aliphatic rings. The average Bonchev–Trinajstić information content (AvgIpc) is 2.58. The smallest absolute Gasteiger partial charge is 0.276 e. The van der Waals surface area contributed by atoms with E-state index in [-0.39, 0.29) is 10.6 Å². The maximum atomic E-state index is 12.3. The van der Waals surface area contributed by atoms with Crippen LogP contribution >= 0.6 is 0 Å². The third kappa shape index (κ3) is 5.23. The standard InChI is InChI=1S/C19H24N2O4S/c1-4-25-18-7-5-6-16(19(18)22)13-20-21-26(23,24)17-10-8-15(9-11-17)12-14(2)3/h5-11,13-14,21-22H,4,12H2,1-3H3. The number of para-hydroxylation sites is 1. The summed E-state index contributed by atoms with van der Waals surface area (Å²) in [5, 5.41) is 13.8. The highest BCUT2D eigenvalue weighted by Crippen LogP contribution is 2.28. The number of nitrogens with zero attached hydrogens (tertiary/aromatic N) is 1. The Balaban J connectivity index is 2.10. The summed E-state index contributed by atoms with van der Waals surface area (Å²) >= 11 is 0. The van der Waals surface area contributed by atoms with E-state index in [1.54, 1.807) is 49.4 Å². The molecule has 0 aromatic heterocycles. The van der Waals surface area contributed by atoms with Gasteiger partial charge in [0, 0.05) is 5.56 Å². The number of benzene rings is 2. The molecule has 0 aliphatic heterocycles. The molecule has 0 saturated heterocycles. The summed E-state index contributed by atoms with van der Waals surface area (Å²) < 4.78 is 29.9. The van der Waals surface area contributed by atoms with Crippen molar-refractivity contribution >= 4 is 16.2 Å². The molecule has 0 atom stereocenters. The number of hydrogen-bond donors (Lipinski definition) is 2. The number of sulfonamides is 1. The van der Waals surface area contributed by atoms with Gasteiger partial charge in [0.15, 0.2) is 11.5 Å². The SMILES string of the molecule is CCOc1cccc(C=NNS(=O)(=O)c2ccc(CC(C)C)cc2)c1O. The van der Waals surface area contributed by atoms with Crippen LogP contribution in [0.3, 0.4) is 0 Å². The summed E-state index contributed by atoms with van der Waals surface area (Å²) in [7, 11) is -3.77. The van der Waals surface area contributed by atoms with Crippen LogP contribution in [0.2, 0.25) is 0 Å². The molecule has 0 saturated carbocycles. The van der Waals surface area contributed by atoms with Crippen molar-refractivity contribution in [2.75, 3.05) is 6.61 Å². The van der Waals surface area contributed by atoms with Crippen LogP contribution in [0.25, 0.3) is 0 Å². The average molecular weight is 376 g/mol. The minimum Gasteiger partial charge on any atom is -0.504 e. The number of phenols is 1. The van der Waals surface area contributed by atoms with Gasteiger partial charge in [-0.25, -0.2) is 4.83 Å². The highest BCUT2D eigenvalue weighted by atomic mass is 32.2. The fraction of sp³-hybridized carbons (Fsp3) is 0.316. The van der Waals surface area contributed by atoms with E-state index in [2.05, 4.69) is 23.8 Å². The van der Waals surface area contributed by atoms with Crippen LogP contribution in [0.4, 0.5) is 0 Å². The Morgan fingerprint density at radius 3 is 2.50 bits per heavy atom. The second kappa shape index (κ2) is 8.71. The molecule has 0 unspecified atom stereocenters. The molecular weight excluding hydrogens is 352 g/mol. The van der Waals surface area contributed by atoms with Crippen molar-refractivity contribution in [3.8, 4) is 11.5 Å². The molecular formula is C19H24N2O4S. The van der Waals surface area contributed by atoms with E-state index in [0.717, 1.165) is 12.0 Å². The van der Waals surface area contributed by atoms with Crippen molar-refractivity contribution in [1.82, 2.24) is 4.83 Å². The molecule has 0 spiro atoms. The zero-order valence-electron chi connectivity index (χ0n) is 15.1. The molecule has 6 nitrogen and oxygen atoms in total. The number of phenolic OH excluding ortho intramolecular Hbond substituents is 1. The van der Waals surface area contributed by atoms with Gasteiger partial charge in [-0.15, -0.1) is 0 Å². The van der Waals surface area contributed by atoms with Gasteiger partial charge in [-0.3, -0.25) is 0 Å². The van der Waals surface area contributed by atoms with Crippen molar-refractivity contribution in [3.05, 3.63) is 53.6 Å². The second-order valence-corrected chi connectivity index (χ2v) is 7.88. The zero-order valence-corrected chi connectivity index (χ0v) is 16.0. The van der Waals surface area contributed by atoms with Crippen molar-refractivity contribution in [2.24, 2.45) is 11.0 Å². The van der Waals surface area contributed by atoms with Gasteiger partial charge in [0.2, 0.25) is 0 Å². The Bertz CT molecular complexity index is 860. The predicted molar refractivity (Wildman–Crippen MR) is 102 cm³/mol. The lowest BCUT2D eigenvalue weighted by Gasteiger charge is -2.08. The van der Waals surface area contributed by atoms with Crippen molar-refractivity contribution in [2.45, 2.75) is 32.1 Å². The maximum absolute atomic E-state index is 12.3. The molecule has 0 radical (unpaired) electrons. The predicted octanol–water partition coefficient (Wildman–Crippen LogP) is 3.30. The third-order valence-electron chi connectivity index (χ3n) is 3.58. The van der Waals surface area contributed by atoms with E-state index < -0.39 is 10.0 Å². The second-order valence-electron chi connectivity index (χ2n) is 6.22. The molecule has 7 heteroatoms. The van der Waals surface area contributed by atoms with E-state index >= 15 is 0 Å². The largest absolute Gasteiger partial charge is 0.504 e. The van der Waals surface area contributed by atoms with Crippen LogP contribution in [0.1, 0.15) is 31.9 Å². The Morgan fingerprint density at radius 2 is 1.88 bits per heavy atom. The Morgan fingerprint density at radius 1 is 1.19 bits per heavy atom. The Labute approximate surface area is 154 Å². The van der Waals surface area contributed by atoms with Crippen molar-refractivity contribution in [3.63, 3.8) is 0 Å². The molecule has 2 rings (SSSR count). The van der Waals surface area contributed by atoms with Crippen LogP contribution in [0, 0.1) is 5.92 Å². The fourth-order valence-corrected chi connectivity index (χ4v) is 3.20. The number of rotatable bonds is 8. The van der Waals surface area contributed by atoms with Crippen LogP contribution in [-0.4, -0.2) is 26.3 Å². The third-order valence-corrected chi connectivity index (χ3v) is 4.82. The number of hydrazone groups is 1. The molecule has 140 valence electrons. The minimum atomic E-state index is -3.77. The molecule has 2 aromatic carbocycles. The molecule has 2 N–H and O–H groups in total. The van der Waals surface area contributed by atoms with E-state index in [1.807, 2.05) is 0 Å². The Hall–Kier alpha value is -2.54. The monoisotopic (exact) mass is 376 g/mol. The molecule has 0 amide bonds. The van der Waals surface area contributed by atoms with Gasteiger partial charge in [-0.2, -0.15) is 13.5 Å². The number of nitrogens with one attached hydrogen (secondary N) is 1. The molecule has 0 heterocycles. The first-order chi connectivity index (χ1) is 12.3. The van der Waals surface area contributed by atoms with E-state index in [1.165, 1.54) is 6.21 Å². The molecule has 0 aliphatic carbocycles. The van der Waals surface area contributed by atoms with Crippen molar-refractivity contribution in [1.29, 1.82) is 0 Å². The molecule has 26 heavy (non-hydrogen) atoms. The van der Waals surface area contributed by atoms with E-state index in [4.69, 9.17) is 4.74 Å². The lowest BCUT2D eigenvalue weighted by atomic mass is 10.0. The number of hydrogen-bond acceptors (Lipinski definition) is 5. The van der Waals surface area contributed by atoms with Gasteiger partial charge in [-0.1, -0.05) is 32.0 Å². The lowest BCUT2D eigenvalue weighted by molar-refractivity contribution is 0.318. The molecule has 0 fully saturated rings. The summed E-state index contributed by atoms with van der Waals surface area (Å²) in [6.45, 7) is 6.43. The lowest BCUT2D eigenvalue weighted by Crippen LogP contribution is -2.18. The topological polar surface area (TPSA) is 88.0 Å². The summed E-state index contributed by atoms with van der Waals surface area (Å²) in [5.74, 6) is 0.732. The van der Waals surface area contributed by atoms with Crippen LogP contribution < -0.4 is 9.57 Å². The minimum absolute atomic E-state index is 0.0877.